The molecule has 6 nitrogen and oxygen atoms in total. The van der Waals surface area contributed by atoms with E-state index in [1.807, 2.05) is 37.3 Å². The lowest BCUT2D eigenvalue weighted by molar-refractivity contribution is -0.122. The number of carbonyl (C=O) groups excluding carboxylic acids is 1. The van der Waals surface area contributed by atoms with Crippen LogP contribution in [0.4, 0.5) is 5.82 Å². The molecule has 1 amide bonds. The monoisotopic (exact) mass is 496 g/mol. The largest absolute Gasteiger partial charge is 0.356 e. The Morgan fingerprint density at radius 2 is 1.91 bits per heavy atom. The van der Waals surface area contributed by atoms with Gasteiger partial charge in [0.2, 0.25) is 0 Å². The predicted molar refractivity (Wildman–Crippen MR) is 138 cm³/mol. The minimum absolute atomic E-state index is 0.193. The minimum Gasteiger partial charge on any atom is -0.356 e. The highest BCUT2D eigenvalue weighted by molar-refractivity contribution is 8.26. The van der Waals surface area contributed by atoms with Crippen LogP contribution < -0.4 is 10.5 Å². The van der Waals surface area contributed by atoms with E-state index >= 15 is 0 Å². The number of amides is 1. The van der Waals surface area contributed by atoms with Gasteiger partial charge in [0, 0.05) is 24.3 Å². The highest BCUT2D eigenvalue weighted by Crippen LogP contribution is 2.35. The van der Waals surface area contributed by atoms with E-state index in [0.29, 0.717) is 31.3 Å². The van der Waals surface area contributed by atoms with E-state index in [2.05, 4.69) is 4.90 Å². The first kappa shape index (κ1) is 22.1. The maximum absolute atomic E-state index is 13.5. The van der Waals surface area contributed by atoms with Crippen molar-refractivity contribution in [1.29, 1.82) is 0 Å². The topological polar surface area (TPSA) is 57.9 Å². The Balaban J connectivity index is 1.58. The summed E-state index contributed by atoms with van der Waals surface area (Å²) in [5.41, 5.74) is 2.60. The van der Waals surface area contributed by atoms with Crippen LogP contribution in [0.3, 0.4) is 0 Å². The molecule has 3 aromatic rings. The number of aryl methyl sites for hydroxylation is 1. The summed E-state index contributed by atoms with van der Waals surface area (Å²) in [4.78, 5) is 35.7. The van der Waals surface area contributed by atoms with Gasteiger partial charge in [-0.1, -0.05) is 59.8 Å². The molecule has 1 aromatic carbocycles. The number of thioether (sulfide) groups is 1. The third kappa shape index (κ3) is 4.07. The average Bonchev–Trinajstić information content (AvgIpc) is 3.42. The Kier molecular flexibility index (Phi) is 5.99. The lowest BCUT2D eigenvalue weighted by Gasteiger charge is -2.20. The van der Waals surface area contributed by atoms with Crippen molar-refractivity contribution in [1.82, 2.24) is 14.3 Å². The van der Waals surface area contributed by atoms with E-state index in [0.717, 1.165) is 37.1 Å². The van der Waals surface area contributed by atoms with E-state index in [-0.39, 0.29) is 18.0 Å². The fourth-order valence-corrected chi connectivity index (χ4v) is 5.59. The number of anilines is 1. The van der Waals surface area contributed by atoms with Crippen LogP contribution in [-0.4, -0.2) is 37.6 Å². The standard InChI is InChI=1S/C24H21ClN4O2S2/c1-15-7-6-12-28-20(15)26-21(27-10-4-5-11-27)17(22(28)30)13-19-23(31)29(24(32)33-19)14-16-8-2-3-9-18(16)25/h2-3,6-9,12-13H,4-5,10-11,14H2,1H3/b19-13+. The number of pyridine rings is 1. The zero-order valence-corrected chi connectivity index (χ0v) is 20.3. The predicted octanol–water partition coefficient (Wildman–Crippen LogP) is 4.66. The number of nitrogens with zero attached hydrogens (tertiary/aromatic N) is 4. The molecule has 5 rings (SSSR count). The van der Waals surface area contributed by atoms with Gasteiger partial charge in [-0.25, -0.2) is 4.98 Å². The molecule has 0 unspecified atom stereocenters. The van der Waals surface area contributed by atoms with Crippen molar-refractivity contribution < 1.29 is 4.79 Å². The number of halogens is 1. The average molecular weight is 497 g/mol. The molecule has 0 atom stereocenters. The van der Waals surface area contributed by atoms with Gasteiger partial charge >= 0.3 is 0 Å². The molecule has 2 aliphatic rings. The Morgan fingerprint density at radius 1 is 1.15 bits per heavy atom. The van der Waals surface area contributed by atoms with Crippen LogP contribution in [0.15, 0.2) is 52.3 Å². The molecule has 0 saturated carbocycles. The minimum atomic E-state index is -0.231. The third-order valence-corrected chi connectivity index (χ3v) is 7.65. The molecule has 0 bridgehead atoms. The van der Waals surface area contributed by atoms with Gasteiger partial charge < -0.3 is 4.90 Å². The molecule has 9 heteroatoms. The summed E-state index contributed by atoms with van der Waals surface area (Å²) in [6.45, 7) is 3.90. The zero-order valence-electron chi connectivity index (χ0n) is 18.0. The Hall–Kier alpha value is -2.68. The smallest absolute Gasteiger partial charge is 0.267 e. The van der Waals surface area contributed by atoms with Gasteiger partial charge in [-0.15, -0.1) is 0 Å². The molecule has 0 radical (unpaired) electrons. The molecule has 168 valence electrons. The molecule has 2 aliphatic heterocycles. The van der Waals surface area contributed by atoms with E-state index in [1.165, 1.54) is 16.7 Å². The van der Waals surface area contributed by atoms with Gasteiger partial charge in [0.15, 0.2) is 0 Å². The molecular weight excluding hydrogens is 476 g/mol. The normalized spacial score (nSPS) is 17.7. The Bertz CT molecular complexity index is 1380. The first-order valence-corrected chi connectivity index (χ1v) is 12.3. The van der Waals surface area contributed by atoms with Crippen molar-refractivity contribution in [3.05, 3.63) is 79.6 Å². The Morgan fingerprint density at radius 3 is 2.67 bits per heavy atom. The van der Waals surface area contributed by atoms with Gasteiger partial charge in [0.05, 0.1) is 17.0 Å². The lowest BCUT2D eigenvalue weighted by atomic mass is 10.2. The summed E-state index contributed by atoms with van der Waals surface area (Å²) in [6.07, 6.45) is 5.47. The fourth-order valence-electron chi connectivity index (χ4n) is 4.16. The van der Waals surface area contributed by atoms with Crippen LogP contribution >= 0.6 is 35.6 Å². The Labute approximate surface area is 205 Å². The summed E-state index contributed by atoms with van der Waals surface area (Å²) >= 11 is 13.0. The summed E-state index contributed by atoms with van der Waals surface area (Å²) < 4.78 is 1.99. The number of fused-ring (bicyclic) bond motifs is 1. The highest BCUT2D eigenvalue weighted by Gasteiger charge is 2.33. The highest BCUT2D eigenvalue weighted by atomic mass is 35.5. The van der Waals surface area contributed by atoms with Crippen LogP contribution in [0.25, 0.3) is 11.7 Å². The van der Waals surface area contributed by atoms with Crippen molar-refractivity contribution in [2.24, 2.45) is 0 Å². The maximum Gasteiger partial charge on any atom is 0.267 e. The van der Waals surface area contributed by atoms with Crippen molar-refractivity contribution in [3.63, 3.8) is 0 Å². The summed E-state index contributed by atoms with van der Waals surface area (Å²) in [5, 5.41) is 0.583. The number of rotatable bonds is 4. The van der Waals surface area contributed by atoms with Gasteiger partial charge in [-0.3, -0.25) is 18.9 Å². The van der Waals surface area contributed by atoms with Crippen molar-refractivity contribution in [2.75, 3.05) is 18.0 Å². The second-order valence-corrected chi connectivity index (χ2v) is 10.2. The maximum atomic E-state index is 13.5. The van der Waals surface area contributed by atoms with Gasteiger partial charge in [0.1, 0.15) is 15.8 Å². The quantitative estimate of drug-likeness (QED) is 0.387. The fraction of sp³-hybridized carbons (Fsp3) is 0.250. The summed E-state index contributed by atoms with van der Waals surface area (Å²) in [6, 6.07) is 11.1. The molecule has 33 heavy (non-hydrogen) atoms. The first-order chi connectivity index (χ1) is 15.9. The van der Waals surface area contributed by atoms with Crippen molar-refractivity contribution in [3.8, 4) is 0 Å². The van der Waals surface area contributed by atoms with Crippen LogP contribution in [0, 0.1) is 6.92 Å². The van der Waals surface area contributed by atoms with Crippen molar-refractivity contribution >= 4 is 63.3 Å². The van der Waals surface area contributed by atoms with E-state index < -0.39 is 0 Å². The summed E-state index contributed by atoms with van der Waals surface area (Å²) in [5.74, 6) is 0.397. The second-order valence-electron chi connectivity index (χ2n) is 8.09. The molecule has 2 saturated heterocycles. The van der Waals surface area contributed by atoms with E-state index in [1.54, 1.807) is 22.7 Å². The number of thiocarbonyl (C=S) groups is 1. The van der Waals surface area contributed by atoms with Gasteiger partial charge in [-0.2, -0.15) is 0 Å². The molecule has 2 aromatic heterocycles. The van der Waals surface area contributed by atoms with Gasteiger partial charge in [0.25, 0.3) is 11.5 Å². The van der Waals surface area contributed by atoms with Gasteiger partial charge in [-0.05, 0) is 49.1 Å². The molecule has 4 heterocycles. The molecule has 0 spiro atoms. The third-order valence-electron chi connectivity index (χ3n) is 5.91. The molecule has 0 N–H and O–H groups in total. The number of hydrogen-bond donors (Lipinski definition) is 0. The lowest BCUT2D eigenvalue weighted by Crippen LogP contribution is -2.28. The molecule has 0 aliphatic carbocycles. The number of carbonyl (C=O) groups is 1. The summed E-state index contributed by atoms with van der Waals surface area (Å²) in [7, 11) is 0. The zero-order chi connectivity index (χ0) is 23.1. The van der Waals surface area contributed by atoms with E-state index in [9.17, 15) is 9.59 Å². The molecule has 2 fully saturated rings. The number of aromatic nitrogens is 2. The van der Waals surface area contributed by atoms with E-state index in [4.69, 9.17) is 28.8 Å². The first-order valence-electron chi connectivity index (χ1n) is 10.7. The molecular formula is C24H21ClN4O2S2. The second kappa shape index (κ2) is 8.93. The number of benzene rings is 1. The van der Waals surface area contributed by atoms with Crippen LogP contribution in [0.1, 0.15) is 29.5 Å². The van der Waals surface area contributed by atoms with Crippen LogP contribution in [-0.2, 0) is 11.3 Å². The SMILES string of the molecule is Cc1cccn2c(=O)c(/C=C3/SC(=S)N(Cc4ccccc4Cl)C3=O)c(N3CCCC3)nc12. The van der Waals surface area contributed by atoms with Crippen LogP contribution in [0.2, 0.25) is 5.02 Å². The van der Waals surface area contributed by atoms with Crippen LogP contribution in [0.5, 0.6) is 0 Å². The number of hydrogen-bond acceptors (Lipinski definition) is 6. The van der Waals surface area contributed by atoms with Crippen molar-refractivity contribution in [2.45, 2.75) is 26.3 Å².